The van der Waals surface area contributed by atoms with Gasteiger partial charge in [0, 0.05) is 11.0 Å². The minimum Gasteiger partial charge on any atom is -0.382 e. The van der Waals surface area contributed by atoms with Crippen molar-refractivity contribution in [2.24, 2.45) is 5.92 Å². The van der Waals surface area contributed by atoms with E-state index in [0.717, 1.165) is 11.0 Å². The van der Waals surface area contributed by atoms with Gasteiger partial charge in [0.05, 0.1) is 5.69 Å². The van der Waals surface area contributed by atoms with Gasteiger partial charge in [-0.25, -0.2) is 4.39 Å². The van der Waals surface area contributed by atoms with Crippen LogP contribution in [-0.4, -0.2) is 6.54 Å². The van der Waals surface area contributed by atoms with E-state index in [1.54, 1.807) is 6.07 Å². The number of rotatable bonds is 3. The van der Waals surface area contributed by atoms with Crippen molar-refractivity contribution in [2.75, 3.05) is 11.9 Å². The molecule has 0 heterocycles. The number of hydrogen-bond acceptors (Lipinski definition) is 1. The lowest BCUT2D eigenvalue weighted by Gasteiger charge is -2.20. The van der Waals surface area contributed by atoms with Gasteiger partial charge in [-0.05, 0) is 37.0 Å². The highest BCUT2D eigenvalue weighted by Crippen LogP contribution is 2.24. The molecule has 1 aliphatic rings. The molecule has 0 atom stereocenters. The van der Waals surface area contributed by atoms with E-state index in [0.29, 0.717) is 11.6 Å². The van der Waals surface area contributed by atoms with Crippen LogP contribution in [0.5, 0.6) is 0 Å². The maximum Gasteiger partial charge on any atom is 0.146 e. The minimum atomic E-state index is -0.163. The van der Waals surface area contributed by atoms with Gasteiger partial charge < -0.3 is 5.32 Å². The molecule has 3 heteroatoms. The minimum absolute atomic E-state index is 0.163. The third-order valence-electron chi connectivity index (χ3n) is 3.73. The third kappa shape index (κ3) is 4.27. The van der Waals surface area contributed by atoms with E-state index in [-0.39, 0.29) is 5.82 Å². The Morgan fingerprint density at radius 2 is 1.78 bits per heavy atom. The number of halogens is 2. The fraction of sp³-hybridized carbons (Fsp3) is 0.600. The van der Waals surface area contributed by atoms with E-state index in [1.165, 1.54) is 51.0 Å². The summed E-state index contributed by atoms with van der Waals surface area (Å²) >= 11 is 3.38. The molecule has 0 bridgehead atoms. The number of nitrogens with one attached hydrogen (secondary N) is 1. The summed E-state index contributed by atoms with van der Waals surface area (Å²) in [6, 6.07) is 5.05. The summed E-state index contributed by atoms with van der Waals surface area (Å²) in [6.45, 7) is 0.896. The standard InChI is InChI=1S/C15H21BrFN/c16-13-8-9-14(17)15(10-13)18-11-12-6-4-2-1-3-5-7-12/h8-10,12,18H,1-7,11H2. The Hall–Kier alpha value is -0.570. The molecule has 1 aliphatic carbocycles. The zero-order valence-electron chi connectivity index (χ0n) is 10.7. The molecule has 0 radical (unpaired) electrons. The first-order valence-corrected chi connectivity index (χ1v) is 7.74. The molecule has 1 aromatic carbocycles. The van der Waals surface area contributed by atoms with Gasteiger partial charge in [-0.15, -0.1) is 0 Å². The zero-order chi connectivity index (χ0) is 12.8. The second kappa shape index (κ2) is 7.13. The molecule has 0 unspecified atom stereocenters. The number of hydrogen-bond donors (Lipinski definition) is 1. The van der Waals surface area contributed by atoms with E-state index in [4.69, 9.17) is 0 Å². The molecule has 2 rings (SSSR count). The van der Waals surface area contributed by atoms with Crippen LogP contribution in [0.4, 0.5) is 10.1 Å². The highest BCUT2D eigenvalue weighted by Gasteiger charge is 2.12. The van der Waals surface area contributed by atoms with Crippen LogP contribution in [0.15, 0.2) is 22.7 Å². The smallest absolute Gasteiger partial charge is 0.146 e. The van der Waals surface area contributed by atoms with E-state index in [9.17, 15) is 4.39 Å². The summed E-state index contributed by atoms with van der Waals surface area (Å²) in [6.07, 6.45) is 9.33. The summed E-state index contributed by atoms with van der Waals surface area (Å²) in [5.41, 5.74) is 0.617. The Morgan fingerprint density at radius 3 is 2.50 bits per heavy atom. The van der Waals surface area contributed by atoms with Crippen molar-refractivity contribution in [1.82, 2.24) is 0 Å². The first-order valence-electron chi connectivity index (χ1n) is 6.94. The van der Waals surface area contributed by atoms with Gasteiger partial charge in [0.2, 0.25) is 0 Å². The molecule has 1 nitrogen and oxygen atoms in total. The molecule has 1 saturated carbocycles. The predicted octanol–water partition coefficient (Wildman–Crippen LogP) is 5.36. The first kappa shape index (κ1) is 13.9. The Morgan fingerprint density at radius 1 is 1.11 bits per heavy atom. The van der Waals surface area contributed by atoms with Gasteiger partial charge in [-0.2, -0.15) is 0 Å². The van der Waals surface area contributed by atoms with Crippen LogP contribution in [-0.2, 0) is 0 Å². The van der Waals surface area contributed by atoms with E-state index >= 15 is 0 Å². The Balaban J connectivity index is 1.87. The summed E-state index contributed by atoms with van der Waals surface area (Å²) < 4.78 is 14.5. The average Bonchev–Trinajstić information content (AvgIpc) is 2.32. The molecular weight excluding hydrogens is 293 g/mol. The molecule has 1 aromatic rings. The van der Waals surface area contributed by atoms with Gasteiger partial charge in [0.1, 0.15) is 5.82 Å². The van der Waals surface area contributed by atoms with Crippen LogP contribution in [0, 0.1) is 11.7 Å². The predicted molar refractivity (Wildman–Crippen MR) is 78.4 cm³/mol. The topological polar surface area (TPSA) is 12.0 Å². The Bertz CT molecular complexity index is 373. The molecule has 18 heavy (non-hydrogen) atoms. The summed E-state index contributed by atoms with van der Waals surface area (Å²) in [7, 11) is 0. The normalized spacial score (nSPS) is 18.1. The van der Waals surface area contributed by atoms with Crippen LogP contribution < -0.4 is 5.32 Å². The lowest BCUT2D eigenvalue weighted by molar-refractivity contribution is 0.392. The maximum absolute atomic E-state index is 13.6. The van der Waals surface area contributed by atoms with Crippen molar-refractivity contribution in [3.05, 3.63) is 28.5 Å². The van der Waals surface area contributed by atoms with Crippen molar-refractivity contribution in [3.63, 3.8) is 0 Å². The van der Waals surface area contributed by atoms with E-state index < -0.39 is 0 Å². The van der Waals surface area contributed by atoms with Crippen LogP contribution in [0.3, 0.4) is 0 Å². The molecule has 1 N–H and O–H groups in total. The van der Waals surface area contributed by atoms with Crippen LogP contribution in [0.1, 0.15) is 44.9 Å². The van der Waals surface area contributed by atoms with Gasteiger partial charge >= 0.3 is 0 Å². The fourth-order valence-electron chi connectivity index (χ4n) is 2.63. The summed E-state index contributed by atoms with van der Waals surface area (Å²) in [5.74, 6) is 0.535. The van der Waals surface area contributed by atoms with Crippen LogP contribution in [0.2, 0.25) is 0 Å². The van der Waals surface area contributed by atoms with E-state index in [1.807, 2.05) is 6.07 Å². The zero-order valence-corrected chi connectivity index (χ0v) is 12.3. The third-order valence-corrected chi connectivity index (χ3v) is 4.23. The largest absolute Gasteiger partial charge is 0.382 e. The highest BCUT2D eigenvalue weighted by atomic mass is 79.9. The van der Waals surface area contributed by atoms with Crippen LogP contribution in [0.25, 0.3) is 0 Å². The Labute approximate surface area is 117 Å². The van der Waals surface area contributed by atoms with Crippen molar-refractivity contribution in [3.8, 4) is 0 Å². The molecule has 0 aromatic heterocycles. The lowest BCUT2D eigenvalue weighted by atomic mass is 9.91. The Kier molecular flexibility index (Phi) is 5.48. The first-order chi connectivity index (χ1) is 8.75. The second-order valence-corrected chi connectivity index (χ2v) is 6.13. The quantitative estimate of drug-likeness (QED) is 0.792. The van der Waals surface area contributed by atoms with Crippen LogP contribution >= 0.6 is 15.9 Å². The van der Waals surface area contributed by atoms with Crippen molar-refractivity contribution < 1.29 is 4.39 Å². The molecule has 0 spiro atoms. The van der Waals surface area contributed by atoms with Crippen molar-refractivity contribution in [2.45, 2.75) is 44.9 Å². The van der Waals surface area contributed by atoms with Gasteiger partial charge in [0.25, 0.3) is 0 Å². The monoisotopic (exact) mass is 313 g/mol. The maximum atomic E-state index is 13.6. The molecular formula is C15H21BrFN. The van der Waals surface area contributed by atoms with Crippen molar-refractivity contribution in [1.29, 1.82) is 0 Å². The molecule has 100 valence electrons. The molecule has 0 amide bonds. The number of benzene rings is 1. The molecule has 0 saturated heterocycles. The highest BCUT2D eigenvalue weighted by molar-refractivity contribution is 9.10. The molecule has 1 fully saturated rings. The van der Waals surface area contributed by atoms with Gasteiger partial charge in [0.15, 0.2) is 0 Å². The fourth-order valence-corrected chi connectivity index (χ4v) is 2.99. The SMILES string of the molecule is Fc1ccc(Br)cc1NCC1CCCCCCC1. The van der Waals surface area contributed by atoms with Gasteiger partial charge in [-0.3, -0.25) is 0 Å². The van der Waals surface area contributed by atoms with Crippen molar-refractivity contribution >= 4 is 21.6 Å². The molecule has 0 aliphatic heterocycles. The number of anilines is 1. The average molecular weight is 314 g/mol. The second-order valence-electron chi connectivity index (χ2n) is 5.22. The lowest BCUT2D eigenvalue weighted by Crippen LogP contribution is -2.16. The summed E-state index contributed by atoms with van der Waals surface area (Å²) in [5, 5.41) is 3.27. The van der Waals surface area contributed by atoms with Gasteiger partial charge in [-0.1, -0.05) is 48.0 Å². The van der Waals surface area contributed by atoms with E-state index in [2.05, 4.69) is 21.2 Å². The summed E-state index contributed by atoms with van der Waals surface area (Å²) in [4.78, 5) is 0.